The van der Waals surface area contributed by atoms with Gasteiger partial charge in [0.2, 0.25) is 0 Å². The summed E-state index contributed by atoms with van der Waals surface area (Å²) in [7, 11) is 0. The molecule has 1 aromatic carbocycles. The minimum Gasteiger partial charge on any atom is -0.311 e. The molecular formula is C18H26FN. The minimum atomic E-state index is -0.145. The second-order valence-corrected chi connectivity index (χ2v) is 6.86. The summed E-state index contributed by atoms with van der Waals surface area (Å²) in [6, 6.07) is 8.11. The number of benzene rings is 1. The lowest BCUT2D eigenvalue weighted by molar-refractivity contribution is 0.248. The van der Waals surface area contributed by atoms with Gasteiger partial charge < -0.3 is 5.32 Å². The Morgan fingerprint density at radius 2 is 1.85 bits per heavy atom. The maximum Gasteiger partial charge on any atom is 0.123 e. The third-order valence-corrected chi connectivity index (χ3v) is 4.98. The van der Waals surface area contributed by atoms with Gasteiger partial charge >= 0.3 is 0 Å². The molecule has 2 aliphatic carbocycles. The number of halogens is 1. The van der Waals surface area contributed by atoms with E-state index in [0.717, 1.165) is 18.3 Å². The summed E-state index contributed by atoms with van der Waals surface area (Å²) in [5.74, 6) is 1.89. The number of rotatable bonds is 5. The molecule has 110 valence electrons. The SMILES string of the molecule is CC(Cc1ccc(F)cc1)NC1CCCC(C2CC2)C1. The van der Waals surface area contributed by atoms with Crippen LogP contribution in [0.25, 0.3) is 0 Å². The smallest absolute Gasteiger partial charge is 0.123 e. The van der Waals surface area contributed by atoms with Crippen molar-refractivity contribution in [2.24, 2.45) is 11.8 Å². The molecule has 0 spiro atoms. The Kier molecular flexibility index (Phi) is 4.40. The average molecular weight is 275 g/mol. The van der Waals surface area contributed by atoms with Crippen molar-refractivity contribution in [3.05, 3.63) is 35.6 Å². The van der Waals surface area contributed by atoms with Crippen LogP contribution in [-0.2, 0) is 6.42 Å². The molecule has 0 aliphatic heterocycles. The van der Waals surface area contributed by atoms with Gasteiger partial charge in [-0.2, -0.15) is 0 Å². The summed E-state index contributed by atoms with van der Waals surface area (Å²) >= 11 is 0. The molecule has 2 saturated carbocycles. The van der Waals surface area contributed by atoms with Crippen LogP contribution in [0.2, 0.25) is 0 Å². The van der Waals surface area contributed by atoms with Crippen molar-refractivity contribution >= 4 is 0 Å². The highest BCUT2D eigenvalue weighted by molar-refractivity contribution is 5.17. The molecule has 0 heterocycles. The summed E-state index contributed by atoms with van der Waals surface area (Å²) in [6.07, 6.45) is 9.49. The van der Waals surface area contributed by atoms with Gasteiger partial charge in [0.25, 0.3) is 0 Å². The third-order valence-electron chi connectivity index (χ3n) is 4.98. The maximum absolute atomic E-state index is 12.9. The van der Waals surface area contributed by atoms with E-state index in [-0.39, 0.29) is 5.82 Å². The van der Waals surface area contributed by atoms with Crippen molar-refractivity contribution in [2.45, 2.75) is 64.0 Å². The van der Waals surface area contributed by atoms with Crippen LogP contribution in [0.4, 0.5) is 4.39 Å². The van der Waals surface area contributed by atoms with Gasteiger partial charge in [-0.25, -0.2) is 4.39 Å². The highest BCUT2D eigenvalue weighted by atomic mass is 19.1. The van der Waals surface area contributed by atoms with Crippen LogP contribution in [-0.4, -0.2) is 12.1 Å². The first-order valence-electron chi connectivity index (χ1n) is 8.21. The molecule has 20 heavy (non-hydrogen) atoms. The number of nitrogens with one attached hydrogen (secondary N) is 1. The molecule has 1 aromatic rings. The fraction of sp³-hybridized carbons (Fsp3) is 0.667. The molecule has 0 bridgehead atoms. The zero-order chi connectivity index (χ0) is 13.9. The second-order valence-electron chi connectivity index (χ2n) is 6.86. The molecule has 2 fully saturated rings. The van der Waals surface area contributed by atoms with E-state index in [4.69, 9.17) is 0 Å². The van der Waals surface area contributed by atoms with Crippen LogP contribution < -0.4 is 5.32 Å². The largest absolute Gasteiger partial charge is 0.311 e. The highest BCUT2D eigenvalue weighted by Gasteiger charge is 2.34. The fourth-order valence-corrected chi connectivity index (χ4v) is 3.81. The van der Waals surface area contributed by atoms with Crippen LogP contribution in [0.1, 0.15) is 51.0 Å². The van der Waals surface area contributed by atoms with Crippen molar-refractivity contribution in [3.63, 3.8) is 0 Å². The lowest BCUT2D eigenvalue weighted by Gasteiger charge is -2.32. The van der Waals surface area contributed by atoms with Crippen LogP contribution in [0.3, 0.4) is 0 Å². The highest BCUT2D eigenvalue weighted by Crippen LogP contribution is 2.43. The van der Waals surface area contributed by atoms with Crippen molar-refractivity contribution < 1.29 is 4.39 Å². The monoisotopic (exact) mass is 275 g/mol. The minimum absolute atomic E-state index is 0.145. The van der Waals surface area contributed by atoms with E-state index in [2.05, 4.69) is 12.2 Å². The molecule has 0 saturated heterocycles. The summed E-state index contributed by atoms with van der Waals surface area (Å²) < 4.78 is 12.9. The lowest BCUT2D eigenvalue weighted by Crippen LogP contribution is -2.41. The molecule has 1 nitrogen and oxygen atoms in total. The van der Waals surface area contributed by atoms with Gasteiger partial charge in [-0.15, -0.1) is 0 Å². The predicted molar refractivity (Wildman–Crippen MR) is 81.2 cm³/mol. The molecule has 1 N–H and O–H groups in total. The lowest BCUT2D eigenvalue weighted by atomic mass is 9.82. The molecule has 3 unspecified atom stereocenters. The zero-order valence-corrected chi connectivity index (χ0v) is 12.4. The van der Waals surface area contributed by atoms with Gasteiger partial charge in [0.15, 0.2) is 0 Å². The normalized spacial score (nSPS) is 28.3. The van der Waals surface area contributed by atoms with Crippen LogP contribution >= 0.6 is 0 Å². The average Bonchev–Trinajstić information content (AvgIpc) is 3.26. The number of hydrogen-bond acceptors (Lipinski definition) is 1. The first-order chi connectivity index (χ1) is 9.70. The Morgan fingerprint density at radius 3 is 2.55 bits per heavy atom. The molecule has 2 heteroatoms. The van der Waals surface area contributed by atoms with Gasteiger partial charge in [0.05, 0.1) is 0 Å². The maximum atomic E-state index is 12.9. The summed E-state index contributed by atoms with van der Waals surface area (Å²) in [4.78, 5) is 0. The summed E-state index contributed by atoms with van der Waals surface area (Å²) in [6.45, 7) is 2.25. The van der Waals surface area contributed by atoms with E-state index in [0.29, 0.717) is 12.1 Å². The third kappa shape index (κ3) is 3.82. The Morgan fingerprint density at radius 1 is 1.10 bits per heavy atom. The van der Waals surface area contributed by atoms with Gasteiger partial charge in [-0.1, -0.05) is 25.0 Å². The Bertz CT molecular complexity index is 424. The van der Waals surface area contributed by atoms with E-state index >= 15 is 0 Å². The quantitative estimate of drug-likeness (QED) is 0.844. The Balaban J connectivity index is 1.47. The van der Waals surface area contributed by atoms with E-state index < -0.39 is 0 Å². The molecule has 3 atom stereocenters. The predicted octanol–water partition coefficient (Wildman–Crippen LogP) is 4.32. The Hall–Kier alpha value is -0.890. The van der Waals surface area contributed by atoms with Crippen molar-refractivity contribution in [1.82, 2.24) is 5.32 Å². The van der Waals surface area contributed by atoms with Gasteiger partial charge in [-0.3, -0.25) is 0 Å². The van der Waals surface area contributed by atoms with E-state index in [9.17, 15) is 4.39 Å². The molecular weight excluding hydrogens is 249 g/mol. The zero-order valence-electron chi connectivity index (χ0n) is 12.4. The second kappa shape index (κ2) is 6.26. The van der Waals surface area contributed by atoms with E-state index in [1.54, 1.807) is 12.1 Å². The first-order valence-corrected chi connectivity index (χ1v) is 8.21. The van der Waals surface area contributed by atoms with Crippen LogP contribution in [0, 0.1) is 17.7 Å². The molecule has 0 amide bonds. The topological polar surface area (TPSA) is 12.0 Å². The first kappa shape index (κ1) is 14.1. The van der Waals surface area contributed by atoms with Crippen molar-refractivity contribution in [2.75, 3.05) is 0 Å². The summed E-state index contributed by atoms with van der Waals surface area (Å²) in [5, 5.41) is 3.80. The van der Waals surface area contributed by atoms with Crippen molar-refractivity contribution in [3.8, 4) is 0 Å². The molecule has 3 rings (SSSR count). The fourth-order valence-electron chi connectivity index (χ4n) is 3.81. The molecule has 0 aromatic heterocycles. The Labute approximate surface area is 122 Å². The van der Waals surface area contributed by atoms with Gasteiger partial charge in [0, 0.05) is 12.1 Å². The van der Waals surface area contributed by atoms with Crippen LogP contribution in [0.5, 0.6) is 0 Å². The molecule has 0 radical (unpaired) electrons. The standard InChI is InChI=1S/C18H26FN/c1-13(11-14-5-9-17(19)10-6-14)20-18-4-2-3-16(12-18)15-7-8-15/h5-6,9-10,13,15-16,18,20H,2-4,7-8,11-12H2,1H3. The van der Waals surface area contributed by atoms with Crippen LogP contribution in [0.15, 0.2) is 24.3 Å². The van der Waals surface area contributed by atoms with E-state index in [1.807, 2.05) is 12.1 Å². The van der Waals surface area contributed by atoms with Gasteiger partial charge in [-0.05, 0) is 68.6 Å². The number of hydrogen-bond donors (Lipinski definition) is 1. The summed E-state index contributed by atoms with van der Waals surface area (Å²) in [5.41, 5.74) is 1.22. The molecule has 2 aliphatic rings. The van der Waals surface area contributed by atoms with Crippen molar-refractivity contribution in [1.29, 1.82) is 0 Å². The van der Waals surface area contributed by atoms with E-state index in [1.165, 1.54) is 44.1 Å². The van der Waals surface area contributed by atoms with Gasteiger partial charge in [0.1, 0.15) is 5.82 Å².